The summed E-state index contributed by atoms with van der Waals surface area (Å²) in [6.07, 6.45) is 3.68. The van der Waals surface area contributed by atoms with E-state index in [0.717, 1.165) is 31.3 Å². The van der Waals surface area contributed by atoms with Gasteiger partial charge in [-0.1, -0.05) is 6.07 Å². The first-order chi connectivity index (χ1) is 12.0. The molecule has 0 radical (unpaired) electrons. The number of hydrogen-bond donors (Lipinski definition) is 2. The molecule has 134 valence electrons. The fourth-order valence-corrected chi connectivity index (χ4v) is 4.44. The second-order valence-corrected chi connectivity index (χ2v) is 7.81. The number of aliphatic hydroxyl groups is 1. The topological polar surface area (TPSA) is 71.6 Å². The van der Waals surface area contributed by atoms with Gasteiger partial charge in [-0.2, -0.15) is 0 Å². The Morgan fingerprint density at radius 2 is 2.00 bits per heavy atom. The largest absolute Gasteiger partial charge is 0.389 e. The summed E-state index contributed by atoms with van der Waals surface area (Å²) >= 11 is 0. The number of aryl methyl sites for hydroxylation is 1. The Labute approximate surface area is 148 Å². The van der Waals surface area contributed by atoms with E-state index in [1.165, 1.54) is 16.5 Å². The zero-order valence-electron chi connectivity index (χ0n) is 15.0. The van der Waals surface area contributed by atoms with Crippen LogP contribution in [0.5, 0.6) is 0 Å². The first-order valence-electron chi connectivity index (χ1n) is 9.14. The number of likely N-dealkylation sites (tertiary alicyclic amines) is 1. The molecule has 2 aromatic rings. The smallest absolute Gasteiger partial charge is 0.123 e. The lowest BCUT2D eigenvalue weighted by atomic mass is 9.83. The van der Waals surface area contributed by atoms with Gasteiger partial charge in [0.2, 0.25) is 0 Å². The average molecular weight is 341 g/mol. The number of benzene rings is 1. The number of aromatic nitrogens is 1. The van der Waals surface area contributed by atoms with E-state index in [9.17, 15) is 5.11 Å². The van der Waals surface area contributed by atoms with Crippen LogP contribution in [0.4, 0.5) is 5.82 Å². The Balaban J connectivity index is 1.54. The number of nitrogens with two attached hydrogens (primary N) is 1. The number of rotatable bonds is 2. The Morgan fingerprint density at radius 1 is 1.24 bits per heavy atom. The number of pyridine rings is 1. The normalized spacial score (nSPS) is 28.7. The molecule has 5 nitrogen and oxygen atoms in total. The number of piperidine rings is 1. The van der Waals surface area contributed by atoms with Crippen molar-refractivity contribution >= 4 is 16.6 Å². The summed E-state index contributed by atoms with van der Waals surface area (Å²) in [5, 5.41) is 12.6. The molecule has 2 unspecified atom stereocenters. The Hall–Kier alpha value is -1.69. The van der Waals surface area contributed by atoms with Gasteiger partial charge in [0.15, 0.2) is 0 Å². The maximum atomic E-state index is 10.3. The minimum Gasteiger partial charge on any atom is -0.389 e. The highest BCUT2D eigenvalue weighted by atomic mass is 16.5. The summed E-state index contributed by atoms with van der Waals surface area (Å²) in [7, 11) is 0. The third-order valence-electron chi connectivity index (χ3n) is 6.17. The Morgan fingerprint density at radius 3 is 2.68 bits per heavy atom. The predicted octanol–water partition coefficient (Wildman–Crippen LogP) is 2.45. The molecule has 1 aromatic heterocycles. The zero-order chi connectivity index (χ0) is 17.6. The van der Waals surface area contributed by atoms with E-state index < -0.39 is 0 Å². The first kappa shape index (κ1) is 16.8. The van der Waals surface area contributed by atoms with Crippen LogP contribution in [0, 0.1) is 6.92 Å². The van der Waals surface area contributed by atoms with Gasteiger partial charge in [-0.25, -0.2) is 4.98 Å². The van der Waals surface area contributed by atoms with E-state index in [1.807, 2.05) is 12.3 Å². The number of ether oxygens (including phenoxy) is 1. The summed E-state index contributed by atoms with van der Waals surface area (Å²) in [6, 6.07) is 6.47. The van der Waals surface area contributed by atoms with Crippen LogP contribution in [0.1, 0.15) is 36.8 Å². The third-order valence-corrected chi connectivity index (χ3v) is 6.17. The highest BCUT2D eigenvalue weighted by Gasteiger charge is 2.44. The molecule has 0 spiro atoms. The van der Waals surface area contributed by atoms with Gasteiger partial charge in [-0.15, -0.1) is 0 Å². The number of nitrogen functional groups attached to an aromatic ring is 1. The van der Waals surface area contributed by atoms with Crippen LogP contribution in [0.15, 0.2) is 24.4 Å². The molecule has 2 saturated heterocycles. The standard InChI is InChI=1S/C20H27N3O2/c1-13-7-16-10-22-19(21)9-15(16)8-17(13)14-3-5-23(6-4-14)20(2)12-25-11-18(20)24/h7-10,14,18,24H,3-6,11-12H2,1-2H3,(H2,21,22). The molecular weight excluding hydrogens is 314 g/mol. The molecule has 2 aliphatic heterocycles. The second kappa shape index (κ2) is 6.24. The van der Waals surface area contributed by atoms with E-state index in [-0.39, 0.29) is 11.6 Å². The number of hydrogen-bond acceptors (Lipinski definition) is 5. The minimum atomic E-state index is -0.387. The van der Waals surface area contributed by atoms with Gasteiger partial charge in [0.1, 0.15) is 5.82 Å². The van der Waals surface area contributed by atoms with Crippen LogP contribution in [-0.2, 0) is 4.74 Å². The molecule has 2 fully saturated rings. The van der Waals surface area contributed by atoms with Crippen LogP contribution >= 0.6 is 0 Å². The van der Waals surface area contributed by atoms with Crippen LogP contribution < -0.4 is 5.73 Å². The zero-order valence-corrected chi connectivity index (χ0v) is 15.0. The fourth-order valence-electron chi connectivity index (χ4n) is 4.44. The van der Waals surface area contributed by atoms with Gasteiger partial charge in [0, 0.05) is 11.6 Å². The number of aliphatic hydroxyl groups excluding tert-OH is 1. The first-order valence-corrected chi connectivity index (χ1v) is 9.14. The van der Waals surface area contributed by atoms with Crippen molar-refractivity contribution in [3.63, 3.8) is 0 Å². The van der Waals surface area contributed by atoms with E-state index in [1.54, 1.807) is 0 Å². The van der Waals surface area contributed by atoms with Gasteiger partial charge in [-0.3, -0.25) is 4.90 Å². The molecule has 4 rings (SSSR count). The van der Waals surface area contributed by atoms with Crippen LogP contribution in [-0.4, -0.2) is 52.9 Å². The summed E-state index contributed by atoms with van der Waals surface area (Å²) in [4.78, 5) is 6.61. The number of nitrogens with zero attached hydrogens (tertiary/aromatic N) is 2. The van der Waals surface area contributed by atoms with Crippen molar-refractivity contribution in [1.82, 2.24) is 9.88 Å². The molecule has 2 atom stereocenters. The lowest BCUT2D eigenvalue weighted by Gasteiger charge is -2.44. The molecule has 1 aromatic carbocycles. The van der Waals surface area contributed by atoms with Gasteiger partial charge in [0.05, 0.1) is 24.9 Å². The van der Waals surface area contributed by atoms with Crippen molar-refractivity contribution in [1.29, 1.82) is 0 Å². The van der Waals surface area contributed by atoms with Crippen molar-refractivity contribution in [3.8, 4) is 0 Å². The lowest BCUT2D eigenvalue weighted by Crippen LogP contribution is -2.56. The molecule has 0 aliphatic carbocycles. The molecule has 0 amide bonds. The second-order valence-electron chi connectivity index (χ2n) is 7.81. The summed E-state index contributed by atoms with van der Waals surface area (Å²) in [5.74, 6) is 1.12. The summed E-state index contributed by atoms with van der Waals surface area (Å²) < 4.78 is 5.51. The van der Waals surface area contributed by atoms with E-state index >= 15 is 0 Å². The van der Waals surface area contributed by atoms with Gasteiger partial charge in [0.25, 0.3) is 0 Å². The molecule has 2 aliphatic rings. The van der Waals surface area contributed by atoms with E-state index in [4.69, 9.17) is 10.5 Å². The fraction of sp³-hybridized carbons (Fsp3) is 0.550. The number of anilines is 1. The molecule has 0 saturated carbocycles. The van der Waals surface area contributed by atoms with E-state index in [2.05, 4.69) is 35.9 Å². The number of fused-ring (bicyclic) bond motifs is 1. The van der Waals surface area contributed by atoms with Crippen molar-refractivity contribution < 1.29 is 9.84 Å². The predicted molar refractivity (Wildman–Crippen MR) is 99.7 cm³/mol. The molecule has 0 bridgehead atoms. The molecular formula is C20H27N3O2. The molecule has 25 heavy (non-hydrogen) atoms. The highest BCUT2D eigenvalue weighted by Crippen LogP contribution is 2.36. The molecule has 3 heterocycles. The van der Waals surface area contributed by atoms with Gasteiger partial charge < -0.3 is 15.6 Å². The van der Waals surface area contributed by atoms with Crippen molar-refractivity contribution in [2.24, 2.45) is 0 Å². The van der Waals surface area contributed by atoms with Crippen molar-refractivity contribution in [3.05, 3.63) is 35.5 Å². The maximum absolute atomic E-state index is 10.3. The van der Waals surface area contributed by atoms with Crippen LogP contribution in [0.2, 0.25) is 0 Å². The van der Waals surface area contributed by atoms with Crippen LogP contribution in [0.3, 0.4) is 0 Å². The monoisotopic (exact) mass is 341 g/mol. The van der Waals surface area contributed by atoms with Gasteiger partial charge >= 0.3 is 0 Å². The summed E-state index contributed by atoms with van der Waals surface area (Å²) in [5.41, 5.74) is 8.37. The van der Waals surface area contributed by atoms with Gasteiger partial charge in [-0.05, 0) is 74.3 Å². The Kier molecular flexibility index (Phi) is 4.18. The van der Waals surface area contributed by atoms with E-state index in [0.29, 0.717) is 24.9 Å². The molecule has 3 N–H and O–H groups in total. The lowest BCUT2D eigenvalue weighted by molar-refractivity contribution is -0.00214. The third kappa shape index (κ3) is 2.90. The quantitative estimate of drug-likeness (QED) is 0.878. The van der Waals surface area contributed by atoms with Crippen LogP contribution in [0.25, 0.3) is 10.8 Å². The van der Waals surface area contributed by atoms with Crippen molar-refractivity contribution in [2.75, 3.05) is 32.0 Å². The SMILES string of the molecule is Cc1cc2cnc(N)cc2cc1C1CCN(C2(C)COCC2O)CC1. The molecule has 5 heteroatoms. The summed E-state index contributed by atoms with van der Waals surface area (Å²) in [6.45, 7) is 7.39. The maximum Gasteiger partial charge on any atom is 0.123 e. The Bertz CT molecular complexity index is 786. The average Bonchev–Trinajstić information content (AvgIpc) is 2.95. The van der Waals surface area contributed by atoms with Crippen molar-refractivity contribution in [2.45, 2.75) is 44.2 Å². The minimum absolute atomic E-state index is 0.233. The highest BCUT2D eigenvalue weighted by molar-refractivity contribution is 5.85.